The molecule has 1 heterocycles. The Labute approximate surface area is 113 Å². The number of methoxy groups -OCH3 is 1. The van der Waals surface area contributed by atoms with Crippen molar-refractivity contribution in [3.8, 4) is 11.8 Å². The SMILES string of the molecule is COc1ccc(CN2CC(C#N)CCC2=O)cc1C. The number of piperidine rings is 1. The number of aryl methyl sites for hydroxylation is 1. The zero-order valence-corrected chi connectivity index (χ0v) is 11.3. The Balaban J connectivity index is 2.09. The van der Waals surface area contributed by atoms with E-state index in [0.29, 0.717) is 25.9 Å². The molecule has 1 unspecified atom stereocenters. The first-order valence-corrected chi connectivity index (χ1v) is 6.45. The molecule has 1 aliphatic rings. The van der Waals surface area contributed by atoms with Crippen LogP contribution in [0.3, 0.4) is 0 Å². The molecule has 1 aromatic rings. The van der Waals surface area contributed by atoms with Gasteiger partial charge in [0, 0.05) is 19.5 Å². The first-order chi connectivity index (χ1) is 9.13. The van der Waals surface area contributed by atoms with Crippen LogP contribution in [-0.2, 0) is 11.3 Å². The Morgan fingerprint density at radius 2 is 2.32 bits per heavy atom. The Bertz CT molecular complexity index is 519. The van der Waals surface area contributed by atoms with Gasteiger partial charge in [-0.25, -0.2) is 0 Å². The average molecular weight is 258 g/mol. The Morgan fingerprint density at radius 3 is 2.95 bits per heavy atom. The summed E-state index contributed by atoms with van der Waals surface area (Å²) in [4.78, 5) is 13.6. The number of nitriles is 1. The minimum absolute atomic E-state index is 0.0305. The maximum absolute atomic E-state index is 11.9. The standard InChI is InChI=1S/C15H18N2O2/c1-11-7-12(3-5-14(11)19-2)9-17-10-13(8-16)4-6-15(17)18/h3,5,7,13H,4,6,9-10H2,1-2H3. The number of hydrogen-bond donors (Lipinski definition) is 0. The van der Waals surface area contributed by atoms with Crippen LogP contribution in [0.25, 0.3) is 0 Å². The predicted molar refractivity (Wildman–Crippen MR) is 71.5 cm³/mol. The summed E-state index contributed by atoms with van der Waals surface area (Å²) in [6.07, 6.45) is 1.17. The average Bonchev–Trinajstić information content (AvgIpc) is 2.41. The van der Waals surface area contributed by atoms with Gasteiger partial charge in [0.15, 0.2) is 0 Å². The number of ether oxygens (including phenoxy) is 1. The summed E-state index contributed by atoms with van der Waals surface area (Å²) >= 11 is 0. The number of likely N-dealkylation sites (tertiary alicyclic amines) is 1. The Kier molecular flexibility index (Phi) is 4.06. The van der Waals surface area contributed by atoms with E-state index in [-0.39, 0.29) is 11.8 Å². The normalized spacial score (nSPS) is 19.1. The minimum atomic E-state index is -0.0305. The summed E-state index contributed by atoms with van der Waals surface area (Å²) in [5.41, 5.74) is 2.13. The fourth-order valence-electron chi connectivity index (χ4n) is 2.43. The van der Waals surface area contributed by atoms with Crippen molar-refractivity contribution in [3.05, 3.63) is 29.3 Å². The highest BCUT2D eigenvalue weighted by atomic mass is 16.5. The van der Waals surface area contributed by atoms with E-state index in [9.17, 15) is 4.79 Å². The van der Waals surface area contributed by atoms with Crippen molar-refractivity contribution >= 4 is 5.91 Å². The maximum atomic E-state index is 11.9. The van der Waals surface area contributed by atoms with Gasteiger partial charge >= 0.3 is 0 Å². The van der Waals surface area contributed by atoms with Gasteiger partial charge in [0.25, 0.3) is 0 Å². The molecule has 1 amide bonds. The topological polar surface area (TPSA) is 53.3 Å². The van der Waals surface area contributed by atoms with Crippen LogP contribution in [0.2, 0.25) is 0 Å². The third-order valence-corrected chi connectivity index (χ3v) is 3.52. The van der Waals surface area contributed by atoms with E-state index in [1.165, 1.54) is 0 Å². The summed E-state index contributed by atoms with van der Waals surface area (Å²) in [6, 6.07) is 8.17. The van der Waals surface area contributed by atoms with E-state index >= 15 is 0 Å². The molecule has 0 spiro atoms. The largest absolute Gasteiger partial charge is 0.496 e. The van der Waals surface area contributed by atoms with Crippen molar-refractivity contribution in [1.29, 1.82) is 5.26 Å². The highest BCUT2D eigenvalue weighted by molar-refractivity contribution is 5.77. The second kappa shape index (κ2) is 5.75. The van der Waals surface area contributed by atoms with Gasteiger partial charge < -0.3 is 9.64 Å². The van der Waals surface area contributed by atoms with Crippen molar-refractivity contribution in [1.82, 2.24) is 4.90 Å². The first kappa shape index (κ1) is 13.4. The molecule has 0 radical (unpaired) electrons. The fraction of sp³-hybridized carbons (Fsp3) is 0.467. The first-order valence-electron chi connectivity index (χ1n) is 6.45. The fourth-order valence-corrected chi connectivity index (χ4v) is 2.43. The number of benzene rings is 1. The summed E-state index contributed by atoms with van der Waals surface area (Å²) in [5.74, 6) is 0.959. The molecular weight excluding hydrogens is 240 g/mol. The molecule has 1 atom stereocenters. The van der Waals surface area contributed by atoms with Crippen LogP contribution in [0.1, 0.15) is 24.0 Å². The molecule has 0 aromatic heterocycles. The van der Waals surface area contributed by atoms with E-state index in [2.05, 4.69) is 6.07 Å². The summed E-state index contributed by atoms with van der Waals surface area (Å²) in [5, 5.41) is 8.97. The van der Waals surface area contributed by atoms with Gasteiger partial charge in [-0.2, -0.15) is 5.26 Å². The lowest BCUT2D eigenvalue weighted by Crippen LogP contribution is -2.38. The van der Waals surface area contributed by atoms with Crippen molar-refractivity contribution in [2.45, 2.75) is 26.3 Å². The molecule has 2 rings (SSSR count). The molecule has 0 N–H and O–H groups in total. The third kappa shape index (κ3) is 3.05. The summed E-state index contributed by atoms with van der Waals surface area (Å²) in [6.45, 7) is 3.10. The second-order valence-electron chi connectivity index (χ2n) is 4.94. The number of nitrogens with zero attached hydrogens (tertiary/aromatic N) is 2. The van der Waals surface area contributed by atoms with E-state index in [0.717, 1.165) is 16.9 Å². The highest BCUT2D eigenvalue weighted by Gasteiger charge is 2.25. The molecular formula is C15H18N2O2. The molecule has 0 saturated carbocycles. The second-order valence-corrected chi connectivity index (χ2v) is 4.94. The van der Waals surface area contributed by atoms with Crippen LogP contribution in [0.5, 0.6) is 5.75 Å². The lowest BCUT2D eigenvalue weighted by Gasteiger charge is -2.29. The highest BCUT2D eigenvalue weighted by Crippen LogP contribution is 2.22. The zero-order chi connectivity index (χ0) is 13.8. The van der Waals surface area contributed by atoms with Gasteiger partial charge in [-0.3, -0.25) is 4.79 Å². The van der Waals surface area contributed by atoms with Gasteiger partial charge in [0.05, 0.1) is 19.1 Å². The van der Waals surface area contributed by atoms with Crippen LogP contribution in [0.4, 0.5) is 0 Å². The van der Waals surface area contributed by atoms with Gasteiger partial charge in [0.2, 0.25) is 5.91 Å². The van der Waals surface area contributed by atoms with E-state index in [1.807, 2.05) is 25.1 Å². The van der Waals surface area contributed by atoms with E-state index in [4.69, 9.17) is 10.00 Å². The van der Waals surface area contributed by atoms with Crippen molar-refractivity contribution < 1.29 is 9.53 Å². The van der Waals surface area contributed by atoms with E-state index in [1.54, 1.807) is 12.0 Å². The van der Waals surface area contributed by atoms with E-state index < -0.39 is 0 Å². The molecule has 1 saturated heterocycles. The molecule has 4 heteroatoms. The third-order valence-electron chi connectivity index (χ3n) is 3.52. The lowest BCUT2D eigenvalue weighted by atomic mass is 9.98. The minimum Gasteiger partial charge on any atom is -0.496 e. The maximum Gasteiger partial charge on any atom is 0.222 e. The van der Waals surface area contributed by atoms with Gasteiger partial charge in [-0.15, -0.1) is 0 Å². The smallest absolute Gasteiger partial charge is 0.222 e. The number of carbonyl (C=O) groups excluding carboxylic acids is 1. The molecule has 0 bridgehead atoms. The van der Waals surface area contributed by atoms with Crippen LogP contribution in [-0.4, -0.2) is 24.5 Å². The molecule has 0 aliphatic carbocycles. The summed E-state index contributed by atoms with van der Waals surface area (Å²) in [7, 11) is 1.65. The van der Waals surface area contributed by atoms with Crippen LogP contribution < -0.4 is 4.74 Å². The number of rotatable bonds is 3. The number of hydrogen-bond acceptors (Lipinski definition) is 3. The predicted octanol–water partition coefficient (Wildman–Crippen LogP) is 2.27. The van der Waals surface area contributed by atoms with Gasteiger partial charge in [-0.1, -0.05) is 12.1 Å². The molecule has 19 heavy (non-hydrogen) atoms. The number of carbonyl (C=O) groups is 1. The van der Waals surface area contributed by atoms with Crippen molar-refractivity contribution in [2.24, 2.45) is 5.92 Å². The summed E-state index contributed by atoms with van der Waals surface area (Å²) < 4.78 is 5.22. The van der Waals surface area contributed by atoms with Gasteiger partial charge in [-0.05, 0) is 30.5 Å². The Hall–Kier alpha value is -2.02. The number of amides is 1. The monoisotopic (exact) mass is 258 g/mol. The molecule has 1 aromatic carbocycles. The Morgan fingerprint density at radius 1 is 1.53 bits per heavy atom. The van der Waals surface area contributed by atoms with Crippen LogP contribution in [0, 0.1) is 24.2 Å². The molecule has 100 valence electrons. The zero-order valence-electron chi connectivity index (χ0n) is 11.3. The lowest BCUT2D eigenvalue weighted by molar-refractivity contribution is -0.134. The quantitative estimate of drug-likeness (QED) is 0.835. The van der Waals surface area contributed by atoms with Crippen LogP contribution >= 0.6 is 0 Å². The molecule has 1 aliphatic heterocycles. The van der Waals surface area contributed by atoms with Gasteiger partial charge in [0.1, 0.15) is 5.75 Å². The van der Waals surface area contributed by atoms with Crippen LogP contribution in [0.15, 0.2) is 18.2 Å². The molecule has 1 fully saturated rings. The van der Waals surface area contributed by atoms with Crippen molar-refractivity contribution in [2.75, 3.05) is 13.7 Å². The van der Waals surface area contributed by atoms with Crippen molar-refractivity contribution in [3.63, 3.8) is 0 Å². The molecule has 4 nitrogen and oxygen atoms in total.